The predicted molar refractivity (Wildman–Crippen MR) is 95.1 cm³/mol. The summed E-state index contributed by atoms with van der Waals surface area (Å²) >= 11 is 0. The molecule has 134 valence electrons. The van der Waals surface area contributed by atoms with Gasteiger partial charge in [0.25, 0.3) is 5.91 Å². The highest BCUT2D eigenvalue weighted by molar-refractivity contribution is 6.02. The first-order valence-electron chi connectivity index (χ1n) is 8.42. The standard InChI is InChI=1S/C18H23FN4O2/c1-11(20)21-18(24)15-9-12-8-13(19)5-6-16(12)22-17(15)23-7-3-4-14(10-23)25-2/h5-6,8-9,11,14H,3-4,7,10,20H2,1-2H3,(H,21,24)/t11?,14-/m1/s1. The van der Waals surface area contributed by atoms with Crippen LogP contribution in [0, 0.1) is 5.82 Å². The van der Waals surface area contributed by atoms with Gasteiger partial charge in [-0.25, -0.2) is 9.37 Å². The van der Waals surface area contributed by atoms with Crippen LogP contribution in [0.3, 0.4) is 0 Å². The minimum Gasteiger partial charge on any atom is -0.380 e. The van der Waals surface area contributed by atoms with E-state index >= 15 is 0 Å². The van der Waals surface area contributed by atoms with Crippen molar-refractivity contribution in [2.45, 2.75) is 32.0 Å². The maximum absolute atomic E-state index is 13.6. The number of carbonyl (C=O) groups excluding carboxylic acids is 1. The molecule has 2 atom stereocenters. The summed E-state index contributed by atoms with van der Waals surface area (Å²) in [6.07, 6.45) is 1.55. The molecule has 1 aliphatic heterocycles. The Hall–Kier alpha value is -2.25. The average molecular weight is 346 g/mol. The van der Waals surface area contributed by atoms with Crippen molar-refractivity contribution in [2.75, 3.05) is 25.1 Å². The summed E-state index contributed by atoms with van der Waals surface area (Å²) in [5.41, 5.74) is 6.74. The van der Waals surface area contributed by atoms with Gasteiger partial charge < -0.3 is 20.7 Å². The van der Waals surface area contributed by atoms with E-state index in [0.29, 0.717) is 28.8 Å². The Balaban J connectivity index is 2.07. The fourth-order valence-electron chi connectivity index (χ4n) is 3.15. The molecule has 0 bridgehead atoms. The van der Waals surface area contributed by atoms with Gasteiger partial charge in [-0.2, -0.15) is 0 Å². The Morgan fingerprint density at radius 1 is 1.48 bits per heavy atom. The zero-order valence-corrected chi connectivity index (χ0v) is 14.5. The van der Waals surface area contributed by atoms with Crippen molar-refractivity contribution in [3.8, 4) is 0 Å². The second kappa shape index (κ2) is 7.33. The zero-order valence-electron chi connectivity index (χ0n) is 14.5. The zero-order chi connectivity index (χ0) is 18.0. The van der Waals surface area contributed by atoms with Crippen LogP contribution in [0.2, 0.25) is 0 Å². The summed E-state index contributed by atoms with van der Waals surface area (Å²) in [4.78, 5) is 19.3. The Bertz CT molecular complexity index is 781. The Labute approximate surface area is 146 Å². The third-order valence-electron chi connectivity index (χ3n) is 4.37. The molecular weight excluding hydrogens is 323 g/mol. The van der Waals surface area contributed by atoms with Crippen LogP contribution in [0.15, 0.2) is 24.3 Å². The number of pyridine rings is 1. The Morgan fingerprint density at radius 3 is 3.00 bits per heavy atom. The monoisotopic (exact) mass is 346 g/mol. The fraction of sp³-hybridized carbons (Fsp3) is 0.444. The van der Waals surface area contributed by atoms with Crippen LogP contribution in [-0.4, -0.2) is 43.4 Å². The molecule has 0 saturated carbocycles. The minimum atomic E-state index is -0.489. The normalized spacial score (nSPS) is 19.0. The molecule has 3 rings (SSSR count). The van der Waals surface area contributed by atoms with Gasteiger partial charge in [0.15, 0.2) is 0 Å². The van der Waals surface area contributed by atoms with Gasteiger partial charge in [-0.15, -0.1) is 0 Å². The van der Waals surface area contributed by atoms with E-state index in [0.717, 1.165) is 19.4 Å². The molecule has 1 aromatic heterocycles. The molecule has 7 heteroatoms. The first-order valence-corrected chi connectivity index (χ1v) is 8.42. The Kier molecular flexibility index (Phi) is 5.15. The van der Waals surface area contributed by atoms with E-state index in [4.69, 9.17) is 10.5 Å². The molecule has 1 aromatic carbocycles. The molecule has 1 unspecified atom stereocenters. The highest BCUT2D eigenvalue weighted by Gasteiger charge is 2.25. The van der Waals surface area contributed by atoms with Gasteiger partial charge in [0, 0.05) is 25.6 Å². The van der Waals surface area contributed by atoms with Crippen LogP contribution in [-0.2, 0) is 4.74 Å². The first-order chi connectivity index (χ1) is 12.0. The highest BCUT2D eigenvalue weighted by Crippen LogP contribution is 2.27. The summed E-state index contributed by atoms with van der Waals surface area (Å²) in [5.74, 6) is -0.0970. The molecule has 1 amide bonds. The topological polar surface area (TPSA) is 80.5 Å². The molecule has 25 heavy (non-hydrogen) atoms. The largest absolute Gasteiger partial charge is 0.380 e. The van der Waals surface area contributed by atoms with Crippen LogP contribution in [0.1, 0.15) is 30.1 Å². The van der Waals surface area contributed by atoms with Crippen molar-refractivity contribution in [2.24, 2.45) is 5.73 Å². The molecule has 2 aromatic rings. The lowest BCUT2D eigenvalue weighted by molar-refractivity contribution is 0.0884. The molecule has 1 fully saturated rings. The maximum atomic E-state index is 13.6. The quantitative estimate of drug-likeness (QED) is 0.828. The van der Waals surface area contributed by atoms with Crippen LogP contribution >= 0.6 is 0 Å². The third kappa shape index (κ3) is 3.88. The van der Waals surface area contributed by atoms with Crippen LogP contribution in [0.5, 0.6) is 0 Å². The smallest absolute Gasteiger partial charge is 0.256 e. The number of benzene rings is 1. The maximum Gasteiger partial charge on any atom is 0.256 e. The second-order valence-corrected chi connectivity index (χ2v) is 6.40. The van der Waals surface area contributed by atoms with E-state index in [2.05, 4.69) is 15.2 Å². The van der Waals surface area contributed by atoms with Crippen LogP contribution in [0.4, 0.5) is 10.2 Å². The molecule has 0 aliphatic carbocycles. The summed E-state index contributed by atoms with van der Waals surface area (Å²) in [6.45, 7) is 3.14. The Morgan fingerprint density at radius 2 is 2.28 bits per heavy atom. The molecule has 1 aliphatic rings. The lowest BCUT2D eigenvalue weighted by Crippen LogP contribution is -2.43. The molecular formula is C18H23FN4O2. The van der Waals surface area contributed by atoms with E-state index in [1.807, 2.05) is 0 Å². The van der Waals surface area contributed by atoms with Crippen molar-refractivity contribution in [3.63, 3.8) is 0 Å². The number of methoxy groups -OCH3 is 1. The molecule has 2 heterocycles. The van der Waals surface area contributed by atoms with E-state index in [9.17, 15) is 9.18 Å². The van der Waals surface area contributed by atoms with Crippen molar-refractivity contribution >= 4 is 22.6 Å². The third-order valence-corrected chi connectivity index (χ3v) is 4.37. The first kappa shape index (κ1) is 17.6. The van der Waals surface area contributed by atoms with Gasteiger partial charge in [-0.3, -0.25) is 4.79 Å². The van der Waals surface area contributed by atoms with Crippen LogP contribution < -0.4 is 16.0 Å². The van der Waals surface area contributed by atoms with E-state index < -0.39 is 6.17 Å². The number of ether oxygens (including phenoxy) is 1. The van der Waals surface area contributed by atoms with Gasteiger partial charge in [-0.05, 0) is 44.0 Å². The van der Waals surface area contributed by atoms with E-state index in [1.165, 1.54) is 12.1 Å². The molecule has 6 nitrogen and oxygen atoms in total. The number of amides is 1. The van der Waals surface area contributed by atoms with Gasteiger partial charge >= 0.3 is 0 Å². The predicted octanol–water partition coefficient (Wildman–Crippen LogP) is 2.02. The van der Waals surface area contributed by atoms with Crippen molar-refractivity contribution in [3.05, 3.63) is 35.6 Å². The number of halogens is 1. The molecule has 1 saturated heterocycles. The van der Waals surface area contributed by atoms with Gasteiger partial charge in [0.1, 0.15) is 11.6 Å². The second-order valence-electron chi connectivity index (χ2n) is 6.40. The minimum absolute atomic E-state index is 0.101. The summed E-state index contributed by atoms with van der Waals surface area (Å²) < 4.78 is 19.0. The number of aromatic nitrogens is 1. The van der Waals surface area contributed by atoms with Crippen molar-refractivity contribution < 1.29 is 13.9 Å². The lowest BCUT2D eigenvalue weighted by atomic mass is 10.1. The highest BCUT2D eigenvalue weighted by atomic mass is 19.1. The van der Waals surface area contributed by atoms with Crippen molar-refractivity contribution in [1.29, 1.82) is 0 Å². The number of carbonyl (C=O) groups is 1. The van der Waals surface area contributed by atoms with Crippen molar-refractivity contribution in [1.82, 2.24) is 10.3 Å². The summed E-state index contributed by atoms with van der Waals surface area (Å²) in [5, 5.41) is 3.27. The van der Waals surface area contributed by atoms with E-state index in [1.54, 1.807) is 26.2 Å². The number of nitrogens with zero attached hydrogens (tertiary/aromatic N) is 2. The number of anilines is 1. The lowest BCUT2D eigenvalue weighted by Gasteiger charge is -2.34. The van der Waals surface area contributed by atoms with E-state index in [-0.39, 0.29) is 17.8 Å². The summed E-state index contributed by atoms with van der Waals surface area (Å²) in [7, 11) is 1.69. The number of piperidine rings is 1. The number of hydrogen-bond donors (Lipinski definition) is 2. The van der Waals surface area contributed by atoms with Gasteiger partial charge in [0.2, 0.25) is 0 Å². The number of fused-ring (bicyclic) bond motifs is 1. The average Bonchev–Trinajstić information content (AvgIpc) is 2.60. The summed E-state index contributed by atoms with van der Waals surface area (Å²) in [6, 6.07) is 6.05. The number of nitrogens with one attached hydrogen (secondary N) is 1. The fourth-order valence-corrected chi connectivity index (χ4v) is 3.15. The molecule has 0 radical (unpaired) electrons. The van der Waals surface area contributed by atoms with Gasteiger partial charge in [-0.1, -0.05) is 0 Å². The number of rotatable bonds is 4. The van der Waals surface area contributed by atoms with Gasteiger partial charge in [0.05, 0.1) is 23.3 Å². The SMILES string of the molecule is CO[C@@H]1CCCN(c2nc3ccc(F)cc3cc2C(=O)NC(C)N)C1. The number of hydrogen-bond acceptors (Lipinski definition) is 5. The van der Waals surface area contributed by atoms with Crippen LogP contribution in [0.25, 0.3) is 10.9 Å². The number of nitrogens with two attached hydrogens (primary N) is 1. The molecule has 0 spiro atoms. The molecule has 3 N–H and O–H groups in total.